The van der Waals surface area contributed by atoms with Crippen molar-refractivity contribution in [2.45, 2.75) is 5.16 Å². The van der Waals surface area contributed by atoms with Crippen molar-refractivity contribution in [3.63, 3.8) is 0 Å². The molecule has 0 aliphatic carbocycles. The Morgan fingerprint density at radius 2 is 2.42 bits per heavy atom. The summed E-state index contributed by atoms with van der Waals surface area (Å²) in [6.07, 6.45) is 5.06. The largest absolute Gasteiger partial charge is 0.211 e. The average molecular weight is 201 g/mol. The van der Waals surface area contributed by atoms with Gasteiger partial charge in [-0.1, -0.05) is 23.4 Å². The summed E-state index contributed by atoms with van der Waals surface area (Å²) in [5.41, 5.74) is 0.649. The molecule has 0 saturated heterocycles. The van der Waals surface area contributed by atoms with Gasteiger partial charge in [0.2, 0.25) is 0 Å². The number of hydrogen-bond acceptors (Lipinski definition) is 4. The van der Waals surface area contributed by atoms with Crippen LogP contribution in [0.2, 0.25) is 5.02 Å². The van der Waals surface area contributed by atoms with Crippen molar-refractivity contribution < 1.29 is 0 Å². The maximum Gasteiger partial charge on any atom is 0.190 e. The molecule has 2 aromatic rings. The molecule has 12 heavy (non-hydrogen) atoms. The summed E-state index contributed by atoms with van der Waals surface area (Å²) >= 11 is 7.29. The topological polar surface area (TPSA) is 43.1 Å². The first-order chi connectivity index (χ1) is 5.81. The van der Waals surface area contributed by atoms with E-state index in [2.05, 4.69) is 15.1 Å². The highest BCUT2D eigenvalue weighted by Gasteiger charge is 2.03. The second kappa shape index (κ2) is 2.91. The van der Waals surface area contributed by atoms with Crippen molar-refractivity contribution >= 4 is 29.0 Å². The van der Waals surface area contributed by atoms with Crippen LogP contribution in [0.1, 0.15) is 0 Å². The van der Waals surface area contributed by atoms with E-state index < -0.39 is 0 Å². The normalized spacial score (nSPS) is 10.8. The van der Waals surface area contributed by atoms with Gasteiger partial charge in [-0.3, -0.25) is 0 Å². The van der Waals surface area contributed by atoms with Crippen molar-refractivity contribution in [2.75, 3.05) is 6.26 Å². The number of aromatic nitrogens is 4. The van der Waals surface area contributed by atoms with Gasteiger partial charge in [-0.05, 0) is 6.26 Å². The van der Waals surface area contributed by atoms with Crippen molar-refractivity contribution in [1.29, 1.82) is 0 Å². The lowest BCUT2D eigenvalue weighted by molar-refractivity contribution is 0.834. The van der Waals surface area contributed by atoms with Crippen LogP contribution in [0.3, 0.4) is 0 Å². The minimum atomic E-state index is 0.549. The highest BCUT2D eigenvalue weighted by Crippen LogP contribution is 2.15. The minimum Gasteiger partial charge on any atom is -0.211 e. The molecule has 2 heterocycles. The van der Waals surface area contributed by atoms with Gasteiger partial charge in [-0.25, -0.2) is 14.5 Å². The third kappa shape index (κ3) is 1.15. The van der Waals surface area contributed by atoms with Gasteiger partial charge >= 0.3 is 0 Å². The second-order valence-electron chi connectivity index (χ2n) is 2.10. The van der Waals surface area contributed by atoms with Gasteiger partial charge in [0.15, 0.2) is 10.8 Å². The molecule has 0 N–H and O–H groups in total. The summed E-state index contributed by atoms with van der Waals surface area (Å²) < 4.78 is 1.54. The zero-order chi connectivity index (χ0) is 8.55. The molecule has 0 unspecified atom stereocenters. The summed E-state index contributed by atoms with van der Waals surface area (Å²) in [6, 6.07) is 0. The number of thioether (sulfide) groups is 1. The third-order valence-electron chi connectivity index (χ3n) is 1.39. The Bertz CT molecular complexity index is 413. The first-order valence-electron chi connectivity index (χ1n) is 3.21. The minimum absolute atomic E-state index is 0.549. The Hall–Kier alpha value is -0.810. The fraction of sp³-hybridized carbons (Fsp3) is 0.167. The van der Waals surface area contributed by atoms with Gasteiger partial charge in [0.1, 0.15) is 11.3 Å². The summed E-state index contributed by atoms with van der Waals surface area (Å²) in [6.45, 7) is 0. The molecule has 0 fully saturated rings. The van der Waals surface area contributed by atoms with Crippen molar-refractivity contribution in [3.8, 4) is 0 Å². The number of hydrogen-bond donors (Lipinski definition) is 0. The lowest BCUT2D eigenvalue weighted by Crippen LogP contribution is -1.93. The Morgan fingerprint density at radius 3 is 3.17 bits per heavy atom. The average Bonchev–Trinajstić information content (AvgIpc) is 2.47. The Kier molecular flexibility index (Phi) is 1.90. The smallest absolute Gasteiger partial charge is 0.190 e. The highest BCUT2D eigenvalue weighted by atomic mass is 35.5. The van der Waals surface area contributed by atoms with Crippen molar-refractivity contribution in [2.24, 2.45) is 0 Å². The van der Waals surface area contributed by atoms with Crippen LogP contribution < -0.4 is 0 Å². The molecule has 0 aliphatic heterocycles. The van der Waals surface area contributed by atoms with Gasteiger partial charge in [0.25, 0.3) is 0 Å². The molecule has 0 aliphatic rings. The van der Waals surface area contributed by atoms with Crippen LogP contribution in [0.5, 0.6) is 0 Å². The highest BCUT2D eigenvalue weighted by molar-refractivity contribution is 7.98. The molecule has 0 spiro atoms. The fourth-order valence-electron chi connectivity index (χ4n) is 0.846. The van der Waals surface area contributed by atoms with Gasteiger partial charge in [-0.2, -0.15) is 5.10 Å². The Morgan fingerprint density at radius 1 is 1.58 bits per heavy atom. The Labute approximate surface area is 78.0 Å². The zero-order valence-electron chi connectivity index (χ0n) is 6.23. The lowest BCUT2D eigenvalue weighted by atomic mass is 10.7. The van der Waals surface area contributed by atoms with Crippen LogP contribution in [0.25, 0.3) is 5.65 Å². The number of halogens is 1. The molecule has 62 valence electrons. The quantitative estimate of drug-likeness (QED) is 0.655. The lowest BCUT2D eigenvalue weighted by Gasteiger charge is -1.94. The zero-order valence-corrected chi connectivity index (χ0v) is 7.80. The summed E-state index contributed by atoms with van der Waals surface area (Å²) in [4.78, 5) is 8.21. The van der Waals surface area contributed by atoms with E-state index in [9.17, 15) is 0 Å². The number of fused-ring (bicyclic) bond motifs is 1. The van der Waals surface area contributed by atoms with E-state index in [1.165, 1.54) is 11.8 Å². The van der Waals surface area contributed by atoms with Crippen LogP contribution >= 0.6 is 23.4 Å². The summed E-state index contributed by atoms with van der Waals surface area (Å²) in [7, 11) is 0. The molecule has 2 rings (SSSR count). The predicted octanol–water partition coefficient (Wildman–Crippen LogP) is 1.50. The summed E-state index contributed by atoms with van der Waals surface area (Å²) in [5, 5.41) is 5.19. The number of nitrogens with zero attached hydrogens (tertiary/aromatic N) is 4. The first kappa shape index (κ1) is 7.82. The maximum atomic E-state index is 5.82. The van der Waals surface area contributed by atoms with Gasteiger partial charge in [0.05, 0.1) is 6.20 Å². The van der Waals surface area contributed by atoms with Crippen molar-refractivity contribution in [1.82, 2.24) is 19.6 Å². The first-order valence-corrected chi connectivity index (χ1v) is 4.81. The molecule has 2 aromatic heterocycles. The molecule has 0 saturated carbocycles. The Balaban J connectivity index is 2.71. The second-order valence-corrected chi connectivity index (χ2v) is 3.28. The maximum absolute atomic E-state index is 5.82. The molecular weight excluding hydrogens is 196 g/mol. The SMILES string of the molecule is CSc1ncn2ncc(Cl)c2n1. The molecule has 0 bridgehead atoms. The van der Waals surface area contributed by atoms with Crippen LogP contribution in [0, 0.1) is 0 Å². The van der Waals surface area contributed by atoms with Crippen LogP contribution in [0.15, 0.2) is 17.7 Å². The van der Waals surface area contributed by atoms with E-state index in [4.69, 9.17) is 11.6 Å². The van der Waals surface area contributed by atoms with E-state index in [-0.39, 0.29) is 0 Å². The molecule has 0 aromatic carbocycles. The van der Waals surface area contributed by atoms with E-state index in [1.54, 1.807) is 17.0 Å². The molecule has 0 radical (unpaired) electrons. The van der Waals surface area contributed by atoms with Crippen LogP contribution in [-0.4, -0.2) is 25.8 Å². The van der Waals surface area contributed by atoms with E-state index >= 15 is 0 Å². The monoisotopic (exact) mass is 200 g/mol. The predicted molar refractivity (Wildman–Crippen MR) is 47.6 cm³/mol. The summed E-state index contributed by atoms with van der Waals surface area (Å²) in [5.74, 6) is 0. The van der Waals surface area contributed by atoms with Crippen LogP contribution in [-0.2, 0) is 0 Å². The molecule has 0 amide bonds. The van der Waals surface area contributed by atoms with E-state index in [1.807, 2.05) is 6.26 Å². The van der Waals surface area contributed by atoms with Crippen molar-refractivity contribution in [3.05, 3.63) is 17.5 Å². The molecule has 0 atom stereocenters. The third-order valence-corrected chi connectivity index (χ3v) is 2.22. The van der Waals surface area contributed by atoms with E-state index in [0.717, 1.165) is 0 Å². The number of rotatable bonds is 1. The fourth-order valence-corrected chi connectivity index (χ4v) is 1.35. The molecular formula is C6H5ClN4S. The van der Waals surface area contributed by atoms with Gasteiger partial charge in [-0.15, -0.1) is 0 Å². The van der Waals surface area contributed by atoms with Gasteiger partial charge in [0, 0.05) is 0 Å². The molecule has 4 nitrogen and oxygen atoms in total. The molecule has 6 heteroatoms. The van der Waals surface area contributed by atoms with Gasteiger partial charge < -0.3 is 0 Å². The van der Waals surface area contributed by atoms with E-state index in [0.29, 0.717) is 15.8 Å². The van der Waals surface area contributed by atoms with Crippen LogP contribution in [0.4, 0.5) is 0 Å². The standard InChI is InChI=1S/C6H5ClN4S/c1-12-6-8-3-11-5(10-6)4(7)2-9-11/h2-3H,1H3.